The molecule has 2 aromatic rings. The number of ether oxygens (including phenoxy) is 1. The molecule has 5 heteroatoms. The molecule has 5 nitrogen and oxygen atoms in total. The zero-order valence-electron chi connectivity index (χ0n) is 12.3. The van der Waals surface area contributed by atoms with Crippen molar-refractivity contribution in [2.75, 3.05) is 6.61 Å². The first-order valence-corrected chi connectivity index (χ1v) is 6.93. The zero-order chi connectivity index (χ0) is 16.5. The van der Waals surface area contributed by atoms with Gasteiger partial charge >= 0.3 is 0 Å². The third-order valence-electron chi connectivity index (χ3n) is 2.97. The molecule has 2 rings (SSSR count). The number of terminal acetylenes is 1. The molecule has 0 aliphatic rings. The number of rotatable bonds is 6. The number of hydrogen-bond donors (Lipinski definition) is 2. The molecule has 0 aliphatic carbocycles. The van der Waals surface area contributed by atoms with Crippen molar-refractivity contribution >= 4 is 12.1 Å². The molecule has 0 aliphatic heterocycles. The lowest BCUT2D eigenvalue weighted by Gasteiger charge is -2.09. The van der Waals surface area contributed by atoms with E-state index in [9.17, 15) is 9.90 Å². The molecule has 1 atom stereocenters. The van der Waals surface area contributed by atoms with Gasteiger partial charge in [0.25, 0.3) is 5.91 Å². The second kappa shape index (κ2) is 8.37. The maximum Gasteiger partial charge on any atom is 0.273 e. The third kappa shape index (κ3) is 4.70. The van der Waals surface area contributed by atoms with Crippen molar-refractivity contribution in [2.45, 2.75) is 6.10 Å². The van der Waals surface area contributed by atoms with E-state index in [0.717, 1.165) is 0 Å². The Bertz CT molecular complexity index is 721. The van der Waals surface area contributed by atoms with Crippen LogP contribution in [0.2, 0.25) is 0 Å². The van der Waals surface area contributed by atoms with Crippen LogP contribution in [0.25, 0.3) is 0 Å². The molecule has 0 fully saturated rings. The summed E-state index contributed by atoms with van der Waals surface area (Å²) in [6.45, 7) is 0.143. The van der Waals surface area contributed by atoms with Crippen molar-refractivity contribution in [1.82, 2.24) is 5.43 Å². The van der Waals surface area contributed by atoms with Crippen LogP contribution in [0.1, 0.15) is 17.2 Å². The van der Waals surface area contributed by atoms with Crippen LogP contribution in [0.5, 0.6) is 5.75 Å². The van der Waals surface area contributed by atoms with E-state index in [4.69, 9.17) is 11.2 Å². The highest BCUT2D eigenvalue weighted by atomic mass is 16.5. The Kier molecular flexibility index (Phi) is 5.92. The van der Waals surface area contributed by atoms with Crippen LogP contribution in [0.3, 0.4) is 0 Å². The Labute approximate surface area is 134 Å². The average Bonchev–Trinajstić information content (AvgIpc) is 2.61. The number of nitrogens with zero attached hydrogens (tertiary/aromatic N) is 1. The molecular formula is C18H16N2O3. The summed E-state index contributed by atoms with van der Waals surface area (Å²) in [5.41, 5.74) is 3.46. The SMILES string of the molecule is C#CCOc1ccccc1/C=N\NC(=O)[C@H](O)c1ccccc1. The number of benzene rings is 2. The maximum atomic E-state index is 11.9. The van der Waals surface area contributed by atoms with E-state index in [1.807, 2.05) is 6.07 Å². The Balaban J connectivity index is 1.99. The van der Waals surface area contributed by atoms with Crippen molar-refractivity contribution in [2.24, 2.45) is 5.10 Å². The summed E-state index contributed by atoms with van der Waals surface area (Å²) in [7, 11) is 0. The van der Waals surface area contributed by atoms with E-state index in [1.54, 1.807) is 48.5 Å². The van der Waals surface area contributed by atoms with Crippen LogP contribution in [-0.4, -0.2) is 23.8 Å². The number of aliphatic hydroxyl groups is 1. The first-order chi connectivity index (χ1) is 11.2. The summed E-state index contributed by atoms with van der Waals surface area (Å²) in [6, 6.07) is 15.8. The summed E-state index contributed by atoms with van der Waals surface area (Å²) in [5, 5.41) is 13.8. The van der Waals surface area contributed by atoms with Gasteiger partial charge in [-0.3, -0.25) is 4.79 Å². The fourth-order valence-corrected chi connectivity index (χ4v) is 1.85. The van der Waals surface area contributed by atoms with Crippen LogP contribution >= 0.6 is 0 Å². The lowest BCUT2D eigenvalue weighted by Crippen LogP contribution is -2.25. The van der Waals surface area contributed by atoms with Gasteiger partial charge in [-0.25, -0.2) is 5.43 Å². The second-order valence-electron chi connectivity index (χ2n) is 4.58. The molecule has 1 amide bonds. The van der Waals surface area contributed by atoms with Gasteiger partial charge in [-0.15, -0.1) is 6.42 Å². The van der Waals surface area contributed by atoms with Crippen LogP contribution < -0.4 is 10.2 Å². The van der Waals surface area contributed by atoms with Crippen molar-refractivity contribution in [1.29, 1.82) is 0 Å². The molecule has 0 aromatic heterocycles. The smallest absolute Gasteiger partial charge is 0.273 e. The molecule has 116 valence electrons. The molecule has 0 unspecified atom stereocenters. The lowest BCUT2D eigenvalue weighted by molar-refractivity contribution is -0.129. The van der Waals surface area contributed by atoms with E-state index in [-0.39, 0.29) is 6.61 Å². The van der Waals surface area contributed by atoms with E-state index in [2.05, 4.69) is 16.4 Å². The number of amides is 1. The Morgan fingerprint density at radius 2 is 1.96 bits per heavy atom. The van der Waals surface area contributed by atoms with Crippen molar-refractivity contribution in [3.05, 3.63) is 65.7 Å². The van der Waals surface area contributed by atoms with Crippen molar-refractivity contribution in [3.63, 3.8) is 0 Å². The first kappa shape index (κ1) is 16.3. The molecule has 0 bridgehead atoms. The molecule has 23 heavy (non-hydrogen) atoms. The van der Waals surface area contributed by atoms with Crippen molar-refractivity contribution < 1.29 is 14.6 Å². The number of carbonyl (C=O) groups excluding carboxylic acids is 1. The minimum Gasteiger partial charge on any atom is -0.480 e. The van der Waals surface area contributed by atoms with Crippen LogP contribution in [-0.2, 0) is 4.79 Å². The van der Waals surface area contributed by atoms with Gasteiger partial charge in [0.05, 0.1) is 6.21 Å². The van der Waals surface area contributed by atoms with Crippen LogP contribution in [0.15, 0.2) is 59.7 Å². The van der Waals surface area contributed by atoms with Crippen molar-refractivity contribution in [3.8, 4) is 18.1 Å². The lowest BCUT2D eigenvalue weighted by atomic mass is 10.1. The molecule has 0 spiro atoms. The fraction of sp³-hybridized carbons (Fsp3) is 0.111. The third-order valence-corrected chi connectivity index (χ3v) is 2.97. The minimum atomic E-state index is -1.28. The van der Waals surface area contributed by atoms with Gasteiger partial charge in [0.15, 0.2) is 6.10 Å². The standard InChI is InChI=1S/C18H16N2O3/c1-2-12-23-16-11-7-6-10-15(16)13-19-20-18(22)17(21)14-8-4-3-5-9-14/h1,3-11,13,17,21H,12H2,(H,20,22)/b19-13-/t17-/m1/s1. The quantitative estimate of drug-likeness (QED) is 0.486. The van der Waals surface area contributed by atoms with Gasteiger partial charge in [0.2, 0.25) is 0 Å². The predicted octanol–water partition coefficient (Wildman–Crippen LogP) is 1.88. The number of hydrogen-bond acceptors (Lipinski definition) is 4. The number of nitrogens with one attached hydrogen (secondary N) is 1. The molecular weight excluding hydrogens is 292 g/mol. The number of aliphatic hydroxyl groups excluding tert-OH is 1. The van der Waals surface area contributed by atoms with Gasteiger partial charge in [0, 0.05) is 5.56 Å². The first-order valence-electron chi connectivity index (χ1n) is 6.93. The van der Waals surface area contributed by atoms with Gasteiger partial charge in [-0.2, -0.15) is 5.10 Å². The highest BCUT2D eigenvalue weighted by Crippen LogP contribution is 2.15. The summed E-state index contributed by atoms with van der Waals surface area (Å²) < 4.78 is 5.37. The largest absolute Gasteiger partial charge is 0.480 e. The molecule has 0 saturated carbocycles. The fourth-order valence-electron chi connectivity index (χ4n) is 1.85. The highest BCUT2D eigenvalue weighted by molar-refractivity contribution is 5.86. The van der Waals surface area contributed by atoms with Gasteiger partial charge in [-0.1, -0.05) is 48.4 Å². The summed E-state index contributed by atoms with van der Waals surface area (Å²) in [4.78, 5) is 11.9. The summed E-state index contributed by atoms with van der Waals surface area (Å²) >= 11 is 0. The van der Waals surface area contributed by atoms with Crippen LogP contribution in [0.4, 0.5) is 0 Å². The number of carbonyl (C=O) groups is 1. The van der Waals surface area contributed by atoms with E-state index in [0.29, 0.717) is 16.9 Å². The summed E-state index contributed by atoms with van der Waals surface area (Å²) in [5.74, 6) is 2.33. The molecule has 2 N–H and O–H groups in total. The van der Waals surface area contributed by atoms with E-state index in [1.165, 1.54) is 6.21 Å². The molecule has 0 heterocycles. The van der Waals surface area contributed by atoms with E-state index < -0.39 is 12.0 Å². The van der Waals surface area contributed by atoms with Gasteiger partial charge < -0.3 is 9.84 Å². The minimum absolute atomic E-state index is 0.143. The number of hydrazone groups is 1. The van der Waals surface area contributed by atoms with Crippen LogP contribution in [0, 0.1) is 12.3 Å². The predicted molar refractivity (Wildman–Crippen MR) is 87.9 cm³/mol. The Morgan fingerprint density at radius 3 is 2.70 bits per heavy atom. The number of para-hydroxylation sites is 1. The summed E-state index contributed by atoms with van der Waals surface area (Å²) in [6.07, 6.45) is 5.32. The molecule has 0 radical (unpaired) electrons. The van der Waals surface area contributed by atoms with Gasteiger partial charge in [0.1, 0.15) is 12.4 Å². The normalized spacial score (nSPS) is 11.7. The monoisotopic (exact) mass is 308 g/mol. The van der Waals surface area contributed by atoms with Gasteiger partial charge in [-0.05, 0) is 17.7 Å². The Morgan fingerprint density at radius 1 is 1.26 bits per heavy atom. The highest BCUT2D eigenvalue weighted by Gasteiger charge is 2.15. The average molecular weight is 308 g/mol. The maximum absolute atomic E-state index is 11.9. The molecule has 0 saturated heterocycles. The second-order valence-corrected chi connectivity index (χ2v) is 4.58. The topological polar surface area (TPSA) is 70.9 Å². The van der Waals surface area contributed by atoms with E-state index >= 15 is 0 Å². The Hall–Kier alpha value is -3.10. The molecule has 2 aromatic carbocycles. The zero-order valence-corrected chi connectivity index (χ0v) is 12.3.